The van der Waals surface area contributed by atoms with E-state index < -0.39 is 0 Å². The van der Waals surface area contributed by atoms with Gasteiger partial charge < -0.3 is 19.5 Å². The van der Waals surface area contributed by atoms with Crippen LogP contribution in [-0.2, 0) is 11.3 Å². The smallest absolute Gasteiger partial charge is 0.161 e. The van der Waals surface area contributed by atoms with Gasteiger partial charge in [0.25, 0.3) is 0 Å². The van der Waals surface area contributed by atoms with E-state index in [2.05, 4.69) is 17.4 Å². The number of hydrogen-bond donors (Lipinski definition) is 1. The summed E-state index contributed by atoms with van der Waals surface area (Å²) in [6, 6.07) is 6.17. The highest BCUT2D eigenvalue weighted by molar-refractivity contribution is 5.43. The first-order valence-corrected chi connectivity index (χ1v) is 6.98. The Morgan fingerprint density at radius 2 is 2.00 bits per heavy atom. The van der Waals surface area contributed by atoms with Crippen LogP contribution >= 0.6 is 0 Å². The molecule has 0 aromatic heterocycles. The second-order valence-electron chi connectivity index (χ2n) is 4.71. The molecule has 4 nitrogen and oxygen atoms in total. The molecule has 1 aliphatic heterocycles. The third kappa shape index (κ3) is 4.73. The molecule has 0 unspecified atom stereocenters. The first-order chi connectivity index (χ1) is 9.40. The molecule has 1 N–H and O–H groups in total. The molecule has 2 rings (SSSR count). The maximum Gasteiger partial charge on any atom is 0.161 e. The Kier molecular flexibility index (Phi) is 5.98. The van der Waals surface area contributed by atoms with Gasteiger partial charge in [-0.15, -0.1) is 0 Å². The minimum Gasteiger partial charge on any atom is -0.490 e. The monoisotopic (exact) mass is 265 g/mol. The van der Waals surface area contributed by atoms with Crippen LogP contribution in [0.3, 0.4) is 0 Å². The largest absolute Gasteiger partial charge is 0.490 e. The van der Waals surface area contributed by atoms with Crippen molar-refractivity contribution in [2.75, 3.05) is 33.5 Å². The van der Waals surface area contributed by atoms with Crippen molar-refractivity contribution < 1.29 is 14.2 Å². The number of methoxy groups -OCH3 is 1. The highest BCUT2D eigenvalue weighted by atomic mass is 16.5. The summed E-state index contributed by atoms with van der Waals surface area (Å²) < 4.78 is 16.3. The lowest BCUT2D eigenvalue weighted by Crippen LogP contribution is -2.15. The van der Waals surface area contributed by atoms with Crippen LogP contribution < -0.4 is 14.8 Å². The number of nitrogens with one attached hydrogen (secondary N) is 1. The fourth-order valence-corrected chi connectivity index (χ4v) is 2.05. The van der Waals surface area contributed by atoms with Crippen LogP contribution in [0.15, 0.2) is 18.2 Å². The Morgan fingerprint density at radius 3 is 2.84 bits per heavy atom. The molecule has 0 saturated carbocycles. The minimum absolute atomic E-state index is 0.737. The molecule has 1 aliphatic rings. The second kappa shape index (κ2) is 8.02. The molecule has 1 aromatic rings. The van der Waals surface area contributed by atoms with E-state index in [0.29, 0.717) is 0 Å². The number of ether oxygens (including phenoxy) is 3. The van der Waals surface area contributed by atoms with Crippen LogP contribution in [-0.4, -0.2) is 33.5 Å². The highest BCUT2D eigenvalue weighted by Gasteiger charge is 2.10. The van der Waals surface area contributed by atoms with E-state index in [0.717, 1.165) is 63.7 Å². The number of unbranched alkanes of at least 4 members (excludes halogenated alkanes) is 1. The number of benzene rings is 1. The SMILES string of the molecule is COCCCCNCc1ccc2c(c1)OCCCO2. The molecule has 0 saturated heterocycles. The number of rotatable bonds is 7. The topological polar surface area (TPSA) is 39.7 Å². The fourth-order valence-electron chi connectivity index (χ4n) is 2.05. The van der Waals surface area contributed by atoms with Crippen molar-refractivity contribution in [2.24, 2.45) is 0 Å². The van der Waals surface area contributed by atoms with Gasteiger partial charge >= 0.3 is 0 Å². The van der Waals surface area contributed by atoms with Gasteiger partial charge in [0.05, 0.1) is 13.2 Å². The van der Waals surface area contributed by atoms with Gasteiger partial charge in [0.1, 0.15) is 0 Å². The molecule has 1 aromatic carbocycles. The Bertz CT molecular complexity index is 382. The van der Waals surface area contributed by atoms with Crippen LogP contribution in [0.4, 0.5) is 0 Å². The van der Waals surface area contributed by atoms with Crippen LogP contribution in [0.25, 0.3) is 0 Å². The molecule has 0 atom stereocenters. The van der Waals surface area contributed by atoms with Gasteiger partial charge in [0.2, 0.25) is 0 Å². The zero-order chi connectivity index (χ0) is 13.3. The van der Waals surface area contributed by atoms with E-state index in [1.807, 2.05) is 6.07 Å². The Balaban J connectivity index is 1.76. The molecule has 1 heterocycles. The standard InChI is InChI=1S/C15H23NO3/c1-17-8-3-2-7-16-12-13-5-6-14-15(11-13)19-10-4-9-18-14/h5-6,11,16H,2-4,7-10,12H2,1H3. The van der Waals surface area contributed by atoms with E-state index in [1.54, 1.807) is 7.11 Å². The average molecular weight is 265 g/mol. The molecular formula is C15H23NO3. The van der Waals surface area contributed by atoms with E-state index in [-0.39, 0.29) is 0 Å². The van der Waals surface area contributed by atoms with Crippen LogP contribution in [0.1, 0.15) is 24.8 Å². The molecule has 0 bridgehead atoms. The summed E-state index contributed by atoms with van der Waals surface area (Å²) in [6.45, 7) is 4.19. The van der Waals surface area contributed by atoms with E-state index >= 15 is 0 Å². The van der Waals surface area contributed by atoms with Crippen molar-refractivity contribution in [1.29, 1.82) is 0 Å². The lowest BCUT2D eigenvalue weighted by Gasteiger charge is -2.10. The van der Waals surface area contributed by atoms with Crippen LogP contribution in [0, 0.1) is 0 Å². The molecule has 0 spiro atoms. The first kappa shape index (κ1) is 14.2. The minimum atomic E-state index is 0.737. The Labute approximate surface area is 115 Å². The Morgan fingerprint density at radius 1 is 1.16 bits per heavy atom. The molecule has 0 radical (unpaired) electrons. The molecule has 0 amide bonds. The van der Waals surface area contributed by atoms with E-state index in [1.165, 1.54) is 5.56 Å². The highest BCUT2D eigenvalue weighted by Crippen LogP contribution is 2.30. The summed E-state index contributed by atoms with van der Waals surface area (Å²) in [6.07, 6.45) is 3.19. The fraction of sp³-hybridized carbons (Fsp3) is 0.600. The summed E-state index contributed by atoms with van der Waals surface area (Å²) in [5.41, 5.74) is 1.23. The molecule has 4 heteroatoms. The molecule has 0 fully saturated rings. The van der Waals surface area contributed by atoms with E-state index in [4.69, 9.17) is 14.2 Å². The predicted molar refractivity (Wildman–Crippen MR) is 74.9 cm³/mol. The second-order valence-corrected chi connectivity index (χ2v) is 4.71. The maximum atomic E-state index is 5.68. The van der Waals surface area contributed by atoms with Crippen molar-refractivity contribution in [2.45, 2.75) is 25.8 Å². The quantitative estimate of drug-likeness (QED) is 0.768. The van der Waals surface area contributed by atoms with Crippen LogP contribution in [0.5, 0.6) is 11.5 Å². The predicted octanol–water partition coefficient (Wildman–Crippen LogP) is 2.36. The van der Waals surface area contributed by atoms with Gasteiger partial charge in [-0.1, -0.05) is 6.07 Å². The third-order valence-corrected chi connectivity index (χ3v) is 3.09. The van der Waals surface area contributed by atoms with Gasteiger partial charge in [-0.2, -0.15) is 0 Å². The zero-order valence-electron chi connectivity index (χ0n) is 11.6. The maximum absolute atomic E-state index is 5.68. The summed E-state index contributed by atoms with van der Waals surface area (Å²) in [5.74, 6) is 1.73. The average Bonchev–Trinajstić information content (AvgIpc) is 2.67. The van der Waals surface area contributed by atoms with Crippen molar-refractivity contribution >= 4 is 0 Å². The van der Waals surface area contributed by atoms with Crippen molar-refractivity contribution in [3.63, 3.8) is 0 Å². The van der Waals surface area contributed by atoms with Gasteiger partial charge in [0.15, 0.2) is 11.5 Å². The van der Waals surface area contributed by atoms with Gasteiger partial charge in [-0.3, -0.25) is 0 Å². The van der Waals surface area contributed by atoms with E-state index in [9.17, 15) is 0 Å². The summed E-state index contributed by atoms with van der Waals surface area (Å²) >= 11 is 0. The first-order valence-electron chi connectivity index (χ1n) is 6.98. The number of fused-ring (bicyclic) bond motifs is 1. The Hall–Kier alpha value is -1.26. The van der Waals surface area contributed by atoms with Crippen molar-refractivity contribution in [1.82, 2.24) is 5.32 Å². The number of hydrogen-bond acceptors (Lipinski definition) is 4. The summed E-state index contributed by atoms with van der Waals surface area (Å²) in [7, 11) is 1.74. The van der Waals surface area contributed by atoms with Gasteiger partial charge in [-0.25, -0.2) is 0 Å². The molecule has 0 aliphatic carbocycles. The van der Waals surface area contributed by atoms with Gasteiger partial charge in [0, 0.05) is 26.7 Å². The van der Waals surface area contributed by atoms with Gasteiger partial charge in [-0.05, 0) is 37.1 Å². The molecular weight excluding hydrogens is 242 g/mol. The lowest BCUT2D eigenvalue weighted by molar-refractivity contribution is 0.192. The van der Waals surface area contributed by atoms with Crippen molar-refractivity contribution in [3.05, 3.63) is 23.8 Å². The molecule has 19 heavy (non-hydrogen) atoms. The zero-order valence-corrected chi connectivity index (χ0v) is 11.6. The molecule has 106 valence electrons. The summed E-state index contributed by atoms with van der Waals surface area (Å²) in [4.78, 5) is 0. The van der Waals surface area contributed by atoms with Crippen molar-refractivity contribution in [3.8, 4) is 11.5 Å². The van der Waals surface area contributed by atoms with Crippen LogP contribution in [0.2, 0.25) is 0 Å². The lowest BCUT2D eigenvalue weighted by atomic mass is 10.2. The third-order valence-electron chi connectivity index (χ3n) is 3.09. The summed E-state index contributed by atoms with van der Waals surface area (Å²) in [5, 5.41) is 3.43. The normalized spacial score (nSPS) is 14.2.